The van der Waals surface area contributed by atoms with Gasteiger partial charge in [0.2, 0.25) is 11.8 Å². The SMILES string of the molecule is C[C@H](NC(=O)C[C@H]1CC[C@H](NC(=O)CN2CCOCC2)[C@H](CO)O1)c1ccccc1. The van der Waals surface area contributed by atoms with E-state index in [1.807, 2.05) is 37.3 Å². The van der Waals surface area contributed by atoms with Crippen LogP contribution in [0.4, 0.5) is 0 Å². The Morgan fingerprint density at radius 1 is 1.17 bits per heavy atom. The van der Waals surface area contributed by atoms with Crippen molar-refractivity contribution >= 4 is 11.8 Å². The van der Waals surface area contributed by atoms with Crippen molar-refractivity contribution in [2.45, 2.75) is 50.5 Å². The van der Waals surface area contributed by atoms with Crippen LogP contribution in [0.2, 0.25) is 0 Å². The number of nitrogens with zero attached hydrogens (tertiary/aromatic N) is 1. The van der Waals surface area contributed by atoms with E-state index >= 15 is 0 Å². The second-order valence-electron chi connectivity index (χ2n) is 8.02. The molecule has 0 aromatic heterocycles. The maximum Gasteiger partial charge on any atom is 0.234 e. The minimum absolute atomic E-state index is 0.0724. The molecule has 166 valence electrons. The number of carbonyl (C=O) groups excluding carboxylic acids is 2. The van der Waals surface area contributed by atoms with E-state index in [0.717, 1.165) is 18.7 Å². The molecule has 8 nitrogen and oxygen atoms in total. The minimum Gasteiger partial charge on any atom is -0.394 e. The zero-order valence-corrected chi connectivity index (χ0v) is 17.6. The summed E-state index contributed by atoms with van der Waals surface area (Å²) in [5.41, 5.74) is 1.05. The van der Waals surface area contributed by atoms with Gasteiger partial charge in [-0.15, -0.1) is 0 Å². The number of carbonyl (C=O) groups is 2. The molecule has 0 saturated carbocycles. The molecule has 0 aliphatic carbocycles. The third kappa shape index (κ3) is 6.77. The van der Waals surface area contributed by atoms with E-state index in [2.05, 4.69) is 15.5 Å². The van der Waals surface area contributed by atoms with E-state index in [-0.39, 0.29) is 43.0 Å². The summed E-state index contributed by atoms with van der Waals surface area (Å²) in [5, 5.41) is 15.7. The standard InChI is InChI=1S/C22H33N3O5/c1-16(17-5-3-2-4-6-17)23-21(27)13-18-7-8-19(20(15-26)30-18)24-22(28)14-25-9-11-29-12-10-25/h2-6,16,18-20,26H,7-15H2,1H3,(H,23,27)(H,24,28)/t16-,18+,19-,20-/m0/s1. The normalized spacial score (nSPS) is 26.0. The van der Waals surface area contributed by atoms with Crippen molar-refractivity contribution in [3.8, 4) is 0 Å². The van der Waals surface area contributed by atoms with Crippen molar-refractivity contribution in [3.63, 3.8) is 0 Å². The molecule has 3 N–H and O–H groups in total. The van der Waals surface area contributed by atoms with Gasteiger partial charge in [-0.2, -0.15) is 0 Å². The highest BCUT2D eigenvalue weighted by Crippen LogP contribution is 2.22. The molecular weight excluding hydrogens is 386 g/mol. The van der Waals surface area contributed by atoms with Crippen LogP contribution in [0.5, 0.6) is 0 Å². The number of hydrogen-bond donors (Lipinski definition) is 3. The third-order valence-corrected chi connectivity index (χ3v) is 5.70. The molecule has 2 heterocycles. The van der Waals surface area contributed by atoms with Crippen molar-refractivity contribution in [3.05, 3.63) is 35.9 Å². The molecule has 2 aliphatic heterocycles. The van der Waals surface area contributed by atoms with Gasteiger partial charge in [-0.3, -0.25) is 14.5 Å². The van der Waals surface area contributed by atoms with E-state index < -0.39 is 6.10 Å². The number of morpholine rings is 1. The topological polar surface area (TPSA) is 100 Å². The molecule has 0 unspecified atom stereocenters. The van der Waals surface area contributed by atoms with Crippen molar-refractivity contribution in [1.82, 2.24) is 15.5 Å². The van der Waals surface area contributed by atoms with Crippen LogP contribution in [0.3, 0.4) is 0 Å². The molecule has 1 aromatic rings. The second-order valence-corrected chi connectivity index (χ2v) is 8.02. The van der Waals surface area contributed by atoms with E-state index in [9.17, 15) is 14.7 Å². The summed E-state index contributed by atoms with van der Waals surface area (Å²) in [4.78, 5) is 26.8. The van der Waals surface area contributed by atoms with Crippen LogP contribution >= 0.6 is 0 Å². The van der Waals surface area contributed by atoms with Gasteiger partial charge in [-0.05, 0) is 25.3 Å². The summed E-state index contributed by atoms with van der Waals surface area (Å²) < 4.78 is 11.2. The smallest absolute Gasteiger partial charge is 0.234 e. The number of aliphatic hydroxyl groups excluding tert-OH is 1. The highest BCUT2D eigenvalue weighted by atomic mass is 16.5. The molecule has 30 heavy (non-hydrogen) atoms. The fourth-order valence-electron chi connectivity index (χ4n) is 3.99. The number of hydrogen-bond acceptors (Lipinski definition) is 6. The highest BCUT2D eigenvalue weighted by Gasteiger charge is 2.33. The molecule has 0 bridgehead atoms. The summed E-state index contributed by atoms with van der Waals surface area (Å²) >= 11 is 0. The molecule has 3 rings (SSSR count). The van der Waals surface area contributed by atoms with Crippen LogP contribution in [-0.2, 0) is 19.1 Å². The van der Waals surface area contributed by atoms with Crippen molar-refractivity contribution in [1.29, 1.82) is 0 Å². The quantitative estimate of drug-likeness (QED) is 0.571. The van der Waals surface area contributed by atoms with E-state index in [4.69, 9.17) is 9.47 Å². The highest BCUT2D eigenvalue weighted by molar-refractivity contribution is 5.78. The Bertz CT molecular complexity index is 681. The molecule has 0 radical (unpaired) electrons. The maximum atomic E-state index is 12.4. The molecule has 2 amide bonds. The molecule has 2 saturated heterocycles. The lowest BCUT2D eigenvalue weighted by molar-refractivity contribution is -0.137. The van der Waals surface area contributed by atoms with Crippen LogP contribution < -0.4 is 10.6 Å². The zero-order chi connectivity index (χ0) is 21.3. The predicted octanol–water partition coefficient (Wildman–Crippen LogP) is 0.611. The van der Waals surface area contributed by atoms with Gasteiger partial charge in [-0.1, -0.05) is 30.3 Å². The van der Waals surface area contributed by atoms with Gasteiger partial charge in [0.1, 0.15) is 6.10 Å². The molecular formula is C22H33N3O5. The van der Waals surface area contributed by atoms with Crippen LogP contribution in [0.1, 0.15) is 37.8 Å². The van der Waals surface area contributed by atoms with Crippen LogP contribution in [0.15, 0.2) is 30.3 Å². The molecule has 2 fully saturated rings. The summed E-state index contributed by atoms with van der Waals surface area (Å²) in [7, 11) is 0. The van der Waals surface area contributed by atoms with Gasteiger partial charge >= 0.3 is 0 Å². The van der Waals surface area contributed by atoms with Crippen molar-refractivity contribution in [2.75, 3.05) is 39.5 Å². The molecule has 4 atom stereocenters. The first-order valence-electron chi connectivity index (χ1n) is 10.7. The number of benzene rings is 1. The van der Waals surface area contributed by atoms with Crippen LogP contribution in [0.25, 0.3) is 0 Å². The lowest BCUT2D eigenvalue weighted by atomic mass is 9.96. The number of aliphatic hydroxyl groups is 1. The lowest BCUT2D eigenvalue weighted by Crippen LogP contribution is -2.53. The van der Waals surface area contributed by atoms with E-state index in [1.54, 1.807) is 0 Å². The van der Waals surface area contributed by atoms with Gasteiger partial charge < -0.3 is 25.2 Å². The summed E-state index contributed by atoms with van der Waals surface area (Å²) in [6.45, 7) is 4.86. The third-order valence-electron chi connectivity index (χ3n) is 5.70. The zero-order valence-electron chi connectivity index (χ0n) is 17.6. The first-order valence-corrected chi connectivity index (χ1v) is 10.7. The Balaban J connectivity index is 1.43. The Kier molecular flexibility index (Phi) is 8.62. The maximum absolute atomic E-state index is 12.4. The second kappa shape index (κ2) is 11.4. The first-order chi connectivity index (χ1) is 14.5. The van der Waals surface area contributed by atoms with Gasteiger partial charge in [0.15, 0.2) is 0 Å². The Morgan fingerprint density at radius 2 is 1.90 bits per heavy atom. The van der Waals surface area contributed by atoms with E-state index in [1.165, 1.54) is 0 Å². The van der Waals surface area contributed by atoms with Crippen molar-refractivity contribution < 1.29 is 24.2 Å². The molecule has 0 spiro atoms. The Morgan fingerprint density at radius 3 is 2.60 bits per heavy atom. The average Bonchev–Trinajstić information content (AvgIpc) is 2.76. The summed E-state index contributed by atoms with van der Waals surface area (Å²) in [6, 6.07) is 9.47. The van der Waals surface area contributed by atoms with Gasteiger partial charge in [-0.25, -0.2) is 0 Å². The number of ether oxygens (including phenoxy) is 2. The van der Waals surface area contributed by atoms with Gasteiger partial charge in [0.25, 0.3) is 0 Å². The van der Waals surface area contributed by atoms with E-state index in [0.29, 0.717) is 32.6 Å². The Labute approximate surface area is 177 Å². The minimum atomic E-state index is -0.503. The van der Waals surface area contributed by atoms with Crippen molar-refractivity contribution in [2.24, 2.45) is 0 Å². The number of rotatable bonds is 8. The largest absolute Gasteiger partial charge is 0.394 e. The monoisotopic (exact) mass is 419 g/mol. The molecule has 2 aliphatic rings. The number of amides is 2. The average molecular weight is 420 g/mol. The lowest BCUT2D eigenvalue weighted by Gasteiger charge is -2.36. The van der Waals surface area contributed by atoms with Crippen LogP contribution in [-0.4, -0.2) is 79.5 Å². The molecule has 1 aromatic carbocycles. The number of nitrogens with one attached hydrogen (secondary N) is 2. The van der Waals surface area contributed by atoms with Crippen LogP contribution in [0, 0.1) is 0 Å². The Hall–Kier alpha value is -2.00. The molecule has 8 heteroatoms. The summed E-state index contributed by atoms with van der Waals surface area (Å²) in [6.07, 6.45) is 0.801. The first kappa shape index (κ1) is 22.7. The van der Waals surface area contributed by atoms with Gasteiger partial charge in [0, 0.05) is 13.1 Å². The fraction of sp³-hybridized carbons (Fsp3) is 0.636. The van der Waals surface area contributed by atoms with Gasteiger partial charge in [0.05, 0.1) is 51.0 Å². The fourth-order valence-corrected chi connectivity index (χ4v) is 3.99. The summed E-state index contributed by atoms with van der Waals surface area (Å²) in [5.74, 6) is -0.153. The predicted molar refractivity (Wildman–Crippen MR) is 112 cm³/mol.